The van der Waals surface area contributed by atoms with Gasteiger partial charge in [-0.15, -0.1) is 0 Å². The van der Waals surface area contributed by atoms with Crippen LogP contribution in [0.5, 0.6) is 5.75 Å². The second kappa shape index (κ2) is 11.8. The Hall–Kier alpha value is -2.36. The normalized spacial score (nSPS) is 15.3. The molecule has 0 spiro atoms. The second-order valence-corrected chi connectivity index (χ2v) is 11.0. The number of rotatable bonds is 7. The molecule has 1 unspecified atom stereocenters. The number of benzene rings is 3. The summed E-state index contributed by atoms with van der Waals surface area (Å²) in [5.74, 6) is -0.428. The highest BCUT2D eigenvalue weighted by molar-refractivity contribution is 9.10. The molecule has 0 bridgehead atoms. The van der Waals surface area contributed by atoms with Crippen LogP contribution in [0.4, 0.5) is 0 Å². The number of amides is 1. The van der Waals surface area contributed by atoms with Crippen molar-refractivity contribution in [3.63, 3.8) is 0 Å². The molecule has 4 rings (SSSR count). The fraction of sp³-hybridized carbons (Fsp3) is 0.115. The zero-order chi connectivity index (χ0) is 25.8. The highest BCUT2D eigenvalue weighted by Crippen LogP contribution is 2.40. The van der Waals surface area contributed by atoms with Crippen LogP contribution in [-0.4, -0.2) is 28.2 Å². The van der Waals surface area contributed by atoms with Gasteiger partial charge in [0.15, 0.2) is 6.04 Å². The van der Waals surface area contributed by atoms with Gasteiger partial charge in [-0.25, -0.2) is 4.79 Å². The van der Waals surface area contributed by atoms with Crippen LogP contribution in [0.1, 0.15) is 22.7 Å². The van der Waals surface area contributed by atoms with E-state index in [0.717, 1.165) is 21.8 Å². The van der Waals surface area contributed by atoms with Gasteiger partial charge in [0.05, 0.1) is 12.0 Å². The number of hydrogen-bond acceptors (Lipinski definition) is 6. The van der Waals surface area contributed by atoms with E-state index in [-0.39, 0.29) is 10.9 Å². The van der Waals surface area contributed by atoms with Crippen molar-refractivity contribution in [2.75, 3.05) is 7.11 Å². The molecule has 1 atom stereocenters. The summed E-state index contributed by atoms with van der Waals surface area (Å²) < 4.78 is 12.1. The Morgan fingerprint density at radius 3 is 2.58 bits per heavy atom. The molecular formula is C26H18BrCl2NO4S2. The molecule has 0 radical (unpaired) electrons. The van der Waals surface area contributed by atoms with Crippen molar-refractivity contribution in [2.45, 2.75) is 12.6 Å². The molecule has 10 heteroatoms. The van der Waals surface area contributed by atoms with Gasteiger partial charge in [0.1, 0.15) is 16.7 Å². The van der Waals surface area contributed by atoms with Crippen LogP contribution in [0.25, 0.3) is 6.08 Å². The maximum absolute atomic E-state index is 13.5. The van der Waals surface area contributed by atoms with Crippen molar-refractivity contribution < 1.29 is 19.1 Å². The van der Waals surface area contributed by atoms with E-state index in [1.807, 2.05) is 18.2 Å². The van der Waals surface area contributed by atoms with Gasteiger partial charge in [0, 0.05) is 25.6 Å². The quantitative estimate of drug-likeness (QED) is 0.155. The van der Waals surface area contributed by atoms with Crippen LogP contribution in [0, 0.1) is 0 Å². The van der Waals surface area contributed by atoms with Gasteiger partial charge < -0.3 is 9.47 Å². The van der Waals surface area contributed by atoms with Gasteiger partial charge >= 0.3 is 5.97 Å². The van der Waals surface area contributed by atoms with Crippen LogP contribution >= 0.6 is 63.1 Å². The topological polar surface area (TPSA) is 55.8 Å². The highest BCUT2D eigenvalue weighted by atomic mass is 79.9. The number of halogens is 3. The molecule has 0 aromatic heterocycles. The van der Waals surface area contributed by atoms with E-state index in [1.165, 1.54) is 12.0 Å². The van der Waals surface area contributed by atoms with Crippen molar-refractivity contribution in [3.05, 3.63) is 103 Å². The van der Waals surface area contributed by atoms with Crippen LogP contribution in [0.3, 0.4) is 0 Å². The van der Waals surface area contributed by atoms with E-state index < -0.39 is 17.9 Å². The fourth-order valence-corrected chi connectivity index (χ4v) is 5.68. The Bertz CT molecular complexity index is 1370. The number of thiocarbonyl (C=S) groups is 1. The molecular weight excluding hydrogens is 605 g/mol. The summed E-state index contributed by atoms with van der Waals surface area (Å²) in [6.07, 6.45) is 1.70. The lowest BCUT2D eigenvalue weighted by atomic mass is 10.1. The minimum Gasteiger partial charge on any atom is -0.488 e. The molecule has 0 aliphatic carbocycles. The average Bonchev–Trinajstić information content (AvgIpc) is 3.13. The number of nitrogens with zero attached hydrogens (tertiary/aromatic N) is 1. The molecule has 5 nitrogen and oxygen atoms in total. The largest absolute Gasteiger partial charge is 0.488 e. The number of thioether (sulfide) groups is 1. The van der Waals surface area contributed by atoms with Crippen molar-refractivity contribution in [1.82, 2.24) is 4.90 Å². The molecule has 184 valence electrons. The lowest BCUT2D eigenvalue weighted by Gasteiger charge is -2.24. The second-order valence-electron chi connectivity index (χ2n) is 7.59. The summed E-state index contributed by atoms with van der Waals surface area (Å²) >= 11 is 22.4. The maximum atomic E-state index is 13.5. The first kappa shape index (κ1) is 26.7. The summed E-state index contributed by atoms with van der Waals surface area (Å²) in [6, 6.07) is 18.6. The predicted octanol–water partition coefficient (Wildman–Crippen LogP) is 7.45. The Labute approximate surface area is 236 Å². The first-order valence-corrected chi connectivity index (χ1v) is 13.3. The monoisotopic (exact) mass is 621 g/mol. The standard InChI is InChI=1S/C26H18BrCl2NO4S2/c1-33-25(32)23(15-5-3-2-4-6-15)30-24(31)22(36-26(30)35)12-17-11-18(27)8-10-21(17)34-14-16-7-9-19(28)13-20(16)29/h2-13,23H,14H2,1H3/b22-12+. The Balaban J connectivity index is 1.64. The molecule has 0 N–H and O–H groups in total. The zero-order valence-corrected chi connectivity index (χ0v) is 23.5. The van der Waals surface area contributed by atoms with Gasteiger partial charge in [-0.3, -0.25) is 9.69 Å². The smallest absolute Gasteiger partial charge is 0.333 e. The number of methoxy groups -OCH3 is 1. The van der Waals surface area contributed by atoms with Gasteiger partial charge in [-0.1, -0.05) is 99.5 Å². The van der Waals surface area contributed by atoms with Crippen molar-refractivity contribution in [3.8, 4) is 5.75 Å². The molecule has 1 aliphatic rings. The van der Waals surface area contributed by atoms with E-state index in [4.69, 9.17) is 44.9 Å². The Morgan fingerprint density at radius 1 is 1.14 bits per heavy atom. The van der Waals surface area contributed by atoms with E-state index in [2.05, 4.69) is 15.9 Å². The molecule has 1 amide bonds. The molecule has 1 saturated heterocycles. The van der Waals surface area contributed by atoms with Crippen LogP contribution in [0.15, 0.2) is 76.1 Å². The third-order valence-electron chi connectivity index (χ3n) is 5.28. The van der Waals surface area contributed by atoms with E-state index in [0.29, 0.717) is 31.8 Å². The number of hydrogen-bond donors (Lipinski definition) is 0. The zero-order valence-electron chi connectivity index (χ0n) is 18.7. The van der Waals surface area contributed by atoms with Crippen LogP contribution < -0.4 is 4.74 Å². The average molecular weight is 623 g/mol. The molecule has 3 aromatic carbocycles. The number of esters is 1. The summed E-state index contributed by atoms with van der Waals surface area (Å²) in [5, 5.41) is 1.03. The summed E-state index contributed by atoms with van der Waals surface area (Å²) in [6.45, 7) is 0.206. The van der Waals surface area contributed by atoms with Crippen LogP contribution in [-0.2, 0) is 20.9 Å². The van der Waals surface area contributed by atoms with E-state index >= 15 is 0 Å². The van der Waals surface area contributed by atoms with Crippen LogP contribution in [0.2, 0.25) is 10.0 Å². The minimum atomic E-state index is -0.986. The molecule has 36 heavy (non-hydrogen) atoms. The third kappa shape index (κ3) is 5.95. The third-order valence-corrected chi connectivity index (χ3v) is 7.69. The summed E-state index contributed by atoms with van der Waals surface area (Å²) in [4.78, 5) is 27.8. The van der Waals surface area contributed by atoms with Gasteiger partial charge in [0.25, 0.3) is 5.91 Å². The lowest BCUT2D eigenvalue weighted by Crippen LogP contribution is -2.37. The molecule has 1 aliphatic heterocycles. The highest BCUT2D eigenvalue weighted by Gasteiger charge is 2.42. The summed E-state index contributed by atoms with van der Waals surface area (Å²) in [7, 11) is 1.28. The van der Waals surface area contributed by atoms with E-state index in [1.54, 1.807) is 54.6 Å². The van der Waals surface area contributed by atoms with Crippen molar-refractivity contribution in [2.24, 2.45) is 0 Å². The number of carbonyl (C=O) groups excluding carboxylic acids is 2. The minimum absolute atomic E-state index is 0.206. The molecule has 0 saturated carbocycles. The van der Waals surface area contributed by atoms with Gasteiger partial charge in [-0.2, -0.15) is 0 Å². The Kier molecular flexibility index (Phi) is 8.74. The molecule has 1 heterocycles. The molecule has 3 aromatic rings. The number of carbonyl (C=O) groups is 2. The first-order valence-electron chi connectivity index (χ1n) is 10.5. The molecule has 1 fully saturated rings. The van der Waals surface area contributed by atoms with E-state index in [9.17, 15) is 9.59 Å². The number of ether oxygens (including phenoxy) is 2. The lowest BCUT2D eigenvalue weighted by molar-refractivity contribution is -0.148. The maximum Gasteiger partial charge on any atom is 0.333 e. The van der Waals surface area contributed by atoms with Gasteiger partial charge in [0.2, 0.25) is 0 Å². The SMILES string of the molecule is COC(=O)C(c1ccccc1)N1C(=O)/C(=C\c2cc(Br)ccc2OCc2ccc(Cl)cc2Cl)SC1=S. The van der Waals surface area contributed by atoms with Crippen molar-refractivity contribution >= 4 is 85.4 Å². The Morgan fingerprint density at radius 2 is 1.89 bits per heavy atom. The fourth-order valence-electron chi connectivity index (χ4n) is 3.54. The van der Waals surface area contributed by atoms with Crippen molar-refractivity contribution in [1.29, 1.82) is 0 Å². The summed E-state index contributed by atoms with van der Waals surface area (Å²) in [5.41, 5.74) is 2.03. The van der Waals surface area contributed by atoms with Gasteiger partial charge in [-0.05, 0) is 42.0 Å². The first-order chi connectivity index (χ1) is 17.3. The predicted molar refractivity (Wildman–Crippen MR) is 151 cm³/mol.